The number of likely N-dealkylation sites (tertiary alicyclic amines) is 1. The SMILES string of the molecule is CN=C(NCCCN1CCN(Cc2ccccc2)CC1)NC1CCN(CC(F)(F)F)C1. The minimum absolute atomic E-state index is 0.00578. The number of nitrogens with zero attached hydrogens (tertiary/aromatic N) is 4. The minimum Gasteiger partial charge on any atom is -0.356 e. The maximum absolute atomic E-state index is 12.5. The molecule has 1 aromatic carbocycles. The van der Waals surface area contributed by atoms with E-state index < -0.39 is 12.7 Å². The highest BCUT2D eigenvalue weighted by Gasteiger charge is 2.34. The molecule has 0 amide bonds. The molecule has 1 unspecified atom stereocenters. The number of rotatable bonds is 8. The first-order chi connectivity index (χ1) is 14.9. The summed E-state index contributed by atoms with van der Waals surface area (Å²) in [5.41, 5.74) is 1.36. The standard InChI is InChI=1S/C22H35F3N6/c1-26-21(28-20-8-11-31(17-20)18-22(23,24)25)27-9-5-10-29-12-14-30(15-13-29)16-19-6-3-2-4-7-19/h2-4,6-7,20H,5,8-18H2,1H3,(H2,26,27,28). The number of halogens is 3. The summed E-state index contributed by atoms with van der Waals surface area (Å²) in [5.74, 6) is 0.673. The molecule has 0 spiro atoms. The van der Waals surface area contributed by atoms with Gasteiger partial charge in [-0.25, -0.2) is 0 Å². The van der Waals surface area contributed by atoms with Crippen molar-refractivity contribution in [3.05, 3.63) is 35.9 Å². The van der Waals surface area contributed by atoms with Crippen LogP contribution in [0.1, 0.15) is 18.4 Å². The molecular formula is C22H35F3N6. The van der Waals surface area contributed by atoms with Crippen molar-refractivity contribution in [3.63, 3.8) is 0 Å². The fourth-order valence-corrected chi connectivity index (χ4v) is 4.26. The lowest BCUT2D eigenvalue weighted by Gasteiger charge is -2.34. The van der Waals surface area contributed by atoms with Gasteiger partial charge in [0.25, 0.3) is 0 Å². The summed E-state index contributed by atoms with van der Waals surface area (Å²) >= 11 is 0. The van der Waals surface area contributed by atoms with E-state index in [9.17, 15) is 13.2 Å². The van der Waals surface area contributed by atoms with Gasteiger partial charge in [-0.3, -0.25) is 14.8 Å². The predicted octanol–water partition coefficient (Wildman–Crippen LogP) is 2.00. The van der Waals surface area contributed by atoms with Crippen molar-refractivity contribution < 1.29 is 13.2 Å². The highest BCUT2D eigenvalue weighted by atomic mass is 19.4. The average Bonchev–Trinajstić information content (AvgIpc) is 3.17. The van der Waals surface area contributed by atoms with Gasteiger partial charge in [-0.15, -0.1) is 0 Å². The number of hydrogen-bond acceptors (Lipinski definition) is 4. The molecule has 3 rings (SSSR count). The third-order valence-electron chi connectivity index (χ3n) is 5.90. The van der Waals surface area contributed by atoms with Crippen molar-refractivity contribution >= 4 is 5.96 Å². The van der Waals surface area contributed by atoms with Gasteiger partial charge in [-0.2, -0.15) is 13.2 Å². The third kappa shape index (κ3) is 8.66. The Morgan fingerprint density at radius 1 is 1.03 bits per heavy atom. The molecule has 2 N–H and O–H groups in total. The zero-order chi connectivity index (χ0) is 22.1. The Labute approximate surface area is 183 Å². The van der Waals surface area contributed by atoms with Crippen LogP contribution in [0.25, 0.3) is 0 Å². The second-order valence-electron chi connectivity index (χ2n) is 8.44. The summed E-state index contributed by atoms with van der Waals surface area (Å²) in [5, 5.41) is 6.56. The molecule has 0 radical (unpaired) electrons. The largest absolute Gasteiger partial charge is 0.401 e. The molecule has 0 aliphatic carbocycles. The molecule has 2 aliphatic rings. The van der Waals surface area contributed by atoms with E-state index in [2.05, 4.69) is 55.8 Å². The first-order valence-corrected chi connectivity index (χ1v) is 11.2. The molecule has 0 bridgehead atoms. The first-order valence-electron chi connectivity index (χ1n) is 11.2. The van der Waals surface area contributed by atoms with Crippen LogP contribution in [0.5, 0.6) is 0 Å². The number of aliphatic imine (C=N–C) groups is 1. The normalized spacial score (nSPS) is 22.1. The van der Waals surface area contributed by atoms with Crippen molar-refractivity contribution in [2.45, 2.75) is 31.6 Å². The summed E-state index contributed by atoms with van der Waals surface area (Å²) in [7, 11) is 1.70. The highest BCUT2D eigenvalue weighted by Crippen LogP contribution is 2.19. The van der Waals surface area contributed by atoms with Gasteiger partial charge in [0.05, 0.1) is 6.54 Å². The van der Waals surface area contributed by atoms with Gasteiger partial charge < -0.3 is 15.5 Å². The average molecular weight is 441 g/mol. The van der Waals surface area contributed by atoms with E-state index >= 15 is 0 Å². The van der Waals surface area contributed by atoms with Crippen molar-refractivity contribution in [1.29, 1.82) is 0 Å². The van der Waals surface area contributed by atoms with Crippen LogP contribution in [0.15, 0.2) is 35.3 Å². The number of nitrogens with one attached hydrogen (secondary N) is 2. The summed E-state index contributed by atoms with van der Waals surface area (Å²) in [6, 6.07) is 10.6. The molecular weight excluding hydrogens is 405 g/mol. The lowest BCUT2D eigenvalue weighted by atomic mass is 10.2. The van der Waals surface area contributed by atoms with E-state index in [0.717, 1.165) is 52.2 Å². The molecule has 9 heteroatoms. The molecule has 174 valence electrons. The van der Waals surface area contributed by atoms with Crippen LogP contribution < -0.4 is 10.6 Å². The van der Waals surface area contributed by atoms with Crippen LogP contribution in [0, 0.1) is 0 Å². The zero-order valence-corrected chi connectivity index (χ0v) is 18.4. The van der Waals surface area contributed by atoms with Crippen LogP contribution in [0.3, 0.4) is 0 Å². The Kier molecular flexibility index (Phi) is 8.98. The second kappa shape index (κ2) is 11.7. The molecule has 0 saturated carbocycles. The summed E-state index contributed by atoms with van der Waals surface area (Å²) in [6.45, 7) is 7.19. The smallest absolute Gasteiger partial charge is 0.356 e. The fourth-order valence-electron chi connectivity index (χ4n) is 4.26. The Hall–Kier alpha value is -1.84. The number of guanidine groups is 1. The number of piperazine rings is 1. The van der Waals surface area contributed by atoms with Gasteiger partial charge in [0.2, 0.25) is 0 Å². The number of alkyl halides is 3. The molecule has 31 heavy (non-hydrogen) atoms. The van der Waals surface area contributed by atoms with E-state index in [0.29, 0.717) is 25.5 Å². The Bertz CT molecular complexity index is 674. The number of hydrogen-bond donors (Lipinski definition) is 2. The van der Waals surface area contributed by atoms with E-state index in [1.165, 1.54) is 10.5 Å². The van der Waals surface area contributed by atoms with E-state index in [-0.39, 0.29) is 6.04 Å². The Morgan fingerprint density at radius 3 is 2.42 bits per heavy atom. The summed E-state index contributed by atoms with van der Waals surface area (Å²) < 4.78 is 37.6. The maximum Gasteiger partial charge on any atom is 0.401 e. The van der Waals surface area contributed by atoms with Crippen LogP contribution in [0.2, 0.25) is 0 Å². The first kappa shape index (κ1) is 23.8. The van der Waals surface area contributed by atoms with E-state index in [4.69, 9.17) is 0 Å². The van der Waals surface area contributed by atoms with Gasteiger partial charge in [0.15, 0.2) is 5.96 Å². The molecule has 0 aromatic heterocycles. The number of benzene rings is 1. The second-order valence-corrected chi connectivity index (χ2v) is 8.44. The summed E-state index contributed by atoms with van der Waals surface area (Å²) in [4.78, 5) is 10.7. The lowest BCUT2D eigenvalue weighted by Crippen LogP contribution is -2.47. The summed E-state index contributed by atoms with van der Waals surface area (Å²) in [6.07, 6.45) is -2.43. The Balaban J connectivity index is 1.26. The topological polar surface area (TPSA) is 46.1 Å². The van der Waals surface area contributed by atoms with Gasteiger partial charge in [-0.1, -0.05) is 30.3 Å². The molecule has 1 atom stereocenters. The van der Waals surface area contributed by atoms with E-state index in [1.54, 1.807) is 7.05 Å². The van der Waals surface area contributed by atoms with Gasteiger partial charge in [-0.05, 0) is 24.9 Å². The van der Waals surface area contributed by atoms with Gasteiger partial charge in [0, 0.05) is 65.4 Å². The lowest BCUT2D eigenvalue weighted by molar-refractivity contribution is -0.143. The van der Waals surface area contributed by atoms with Crippen LogP contribution in [-0.4, -0.2) is 98.8 Å². The quantitative estimate of drug-likeness (QED) is 0.368. The zero-order valence-electron chi connectivity index (χ0n) is 18.4. The third-order valence-corrected chi connectivity index (χ3v) is 5.90. The molecule has 6 nitrogen and oxygen atoms in total. The molecule has 2 fully saturated rings. The van der Waals surface area contributed by atoms with Crippen molar-refractivity contribution in [3.8, 4) is 0 Å². The predicted molar refractivity (Wildman–Crippen MR) is 118 cm³/mol. The fraction of sp³-hybridized carbons (Fsp3) is 0.682. The molecule has 2 heterocycles. The monoisotopic (exact) mass is 440 g/mol. The molecule has 2 saturated heterocycles. The van der Waals surface area contributed by atoms with Crippen molar-refractivity contribution in [1.82, 2.24) is 25.3 Å². The van der Waals surface area contributed by atoms with Crippen LogP contribution >= 0.6 is 0 Å². The van der Waals surface area contributed by atoms with Crippen LogP contribution in [0.4, 0.5) is 13.2 Å². The molecule has 1 aromatic rings. The highest BCUT2D eigenvalue weighted by molar-refractivity contribution is 5.79. The van der Waals surface area contributed by atoms with Gasteiger partial charge >= 0.3 is 6.18 Å². The maximum atomic E-state index is 12.5. The van der Waals surface area contributed by atoms with E-state index in [1.807, 2.05) is 0 Å². The van der Waals surface area contributed by atoms with Crippen molar-refractivity contribution in [2.24, 2.45) is 4.99 Å². The molecule has 2 aliphatic heterocycles. The minimum atomic E-state index is -4.14. The Morgan fingerprint density at radius 2 is 1.74 bits per heavy atom. The van der Waals surface area contributed by atoms with Gasteiger partial charge in [0.1, 0.15) is 0 Å². The van der Waals surface area contributed by atoms with Crippen molar-refractivity contribution in [2.75, 3.05) is 66.0 Å². The van der Waals surface area contributed by atoms with Crippen LogP contribution in [-0.2, 0) is 6.54 Å².